The van der Waals surface area contributed by atoms with E-state index < -0.39 is 0 Å². The summed E-state index contributed by atoms with van der Waals surface area (Å²) < 4.78 is 0. The second-order valence-electron chi connectivity index (χ2n) is 5.76. The van der Waals surface area contributed by atoms with Crippen molar-refractivity contribution in [2.75, 3.05) is 0 Å². The summed E-state index contributed by atoms with van der Waals surface area (Å²) in [6, 6.07) is 5.35. The van der Waals surface area contributed by atoms with E-state index in [1.54, 1.807) is 13.0 Å². The van der Waals surface area contributed by atoms with Crippen LogP contribution in [0.3, 0.4) is 0 Å². The molecule has 0 bridgehead atoms. The van der Waals surface area contributed by atoms with E-state index in [9.17, 15) is 10.1 Å². The highest BCUT2D eigenvalue weighted by Gasteiger charge is 2.24. The molecule has 0 radical (unpaired) electrons. The lowest BCUT2D eigenvalue weighted by molar-refractivity contribution is -0.385. The van der Waals surface area contributed by atoms with Gasteiger partial charge >= 0.3 is 0 Å². The Morgan fingerprint density at radius 1 is 1.33 bits per heavy atom. The molecule has 0 saturated carbocycles. The van der Waals surface area contributed by atoms with Crippen LogP contribution in [-0.4, -0.2) is 9.82 Å². The summed E-state index contributed by atoms with van der Waals surface area (Å²) in [5.41, 5.74) is 4.71. The molecule has 1 heterocycles. The monoisotopic (exact) mass is 282 g/mol. The van der Waals surface area contributed by atoms with Crippen molar-refractivity contribution in [3.63, 3.8) is 0 Å². The quantitative estimate of drug-likeness (QED) is 0.620. The van der Waals surface area contributed by atoms with Gasteiger partial charge in [-0.15, -0.1) is 0 Å². The Hall–Kier alpha value is -2.36. The number of hydrogen-bond acceptors (Lipinski definition) is 3. The average Bonchev–Trinajstić information content (AvgIpc) is 2.80. The van der Waals surface area contributed by atoms with Gasteiger partial charge in [-0.05, 0) is 38.0 Å². The molecule has 1 aliphatic heterocycles. The van der Waals surface area contributed by atoms with E-state index in [-0.39, 0.29) is 10.6 Å². The molecule has 1 aromatic carbocycles. The van der Waals surface area contributed by atoms with Crippen molar-refractivity contribution in [2.45, 2.75) is 26.8 Å². The molecule has 4 heteroatoms. The first kappa shape index (κ1) is 13.6. The number of fused-ring (bicyclic) bond motifs is 1. The van der Waals surface area contributed by atoms with E-state index in [2.05, 4.69) is 36.3 Å². The van der Waals surface area contributed by atoms with Crippen LogP contribution in [-0.2, 0) is 6.54 Å². The Kier molecular flexibility index (Phi) is 3.37. The Morgan fingerprint density at radius 2 is 2.14 bits per heavy atom. The van der Waals surface area contributed by atoms with Crippen LogP contribution >= 0.6 is 0 Å². The normalized spacial score (nSPS) is 20.1. The van der Waals surface area contributed by atoms with Crippen LogP contribution in [0.1, 0.15) is 24.5 Å². The molecule has 0 fully saturated rings. The van der Waals surface area contributed by atoms with Gasteiger partial charge < -0.3 is 4.90 Å². The number of rotatable bonds is 3. The lowest BCUT2D eigenvalue weighted by Crippen LogP contribution is -2.17. The zero-order valence-electron chi connectivity index (χ0n) is 12.2. The van der Waals surface area contributed by atoms with E-state index in [0.717, 1.165) is 18.5 Å². The number of benzene rings is 1. The minimum atomic E-state index is -0.331. The first-order valence-electron chi connectivity index (χ1n) is 7.11. The molecule has 1 aliphatic carbocycles. The number of aryl methyl sites for hydroxylation is 1. The average molecular weight is 282 g/mol. The molecule has 0 amide bonds. The standard InChI is InChI=1S/C17H18N2O2/c1-12-3-5-17-15(9-12)7-8-18(17)11-14-4-6-16(19(20)21)13(2)10-14/h3-8,10,15H,9,11H2,1-2H3. The minimum absolute atomic E-state index is 0.184. The number of allylic oxidation sites excluding steroid dienone is 4. The van der Waals surface area contributed by atoms with Crippen LogP contribution in [0.15, 0.2) is 53.9 Å². The Labute approximate surface area is 124 Å². The Morgan fingerprint density at radius 3 is 2.86 bits per heavy atom. The van der Waals surface area contributed by atoms with E-state index in [1.165, 1.54) is 11.3 Å². The third kappa shape index (κ3) is 2.61. The first-order valence-corrected chi connectivity index (χ1v) is 7.11. The molecule has 0 spiro atoms. The van der Waals surface area contributed by atoms with Crippen molar-refractivity contribution in [2.24, 2.45) is 5.92 Å². The van der Waals surface area contributed by atoms with Gasteiger partial charge in [-0.25, -0.2) is 0 Å². The van der Waals surface area contributed by atoms with Gasteiger partial charge in [0.1, 0.15) is 0 Å². The zero-order valence-corrected chi connectivity index (χ0v) is 12.2. The summed E-state index contributed by atoms with van der Waals surface area (Å²) in [6.45, 7) is 4.70. The molecule has 0 N–H and O–H groups in total. The predicted molar refractivity (Wildman–Crippen MR) is 82.5 cm³/mol. The lowest BCUT2D eigenvalue weighted by Gasteiger charge is -2.24. The maximum absolute atomic E-state index is 10.9. The minimum Gasteiger partial charge on any atom is -0.347 e. The van der Waals surface area contributed by atoms with Crippen LogP contribution < -0.4 is 0 Å². The first-order chi connectivity index (χ1) is 10.0. The molecule has 0 saturated heterocycles. The maximum atomic E-state index is 10.9. The summed E-state index contributed by atoms with van der Waals surface area (Å²) in [6.07, 6.45) is 9.80. The van der Waals surface area contributed by atoms with Gasteiger partial charge in [0.2, 0.25) is 0 Å². The fraction of sp³-hybridized carbons (Fsp3) is 0.294. The van der Waals surface area contributed by atoms with Crippen molar-refractivity contribution in [1.82, 2.24) is 4.90 Å². The number of hydrogen-bond donors (Lipinski definition) is 0. The molecule has 21 heavy (non-hydrogen) atoms. The summed E-state index contributed by atoms with van der Waals surface area (Å²) >= 11 is 0. The predicted octanol–water partition coefficient (Wildman–Crippen LogP) is 4.08. The van der Waals surface area contributed by atoms with Crippen molar-refractivity contribution in [3.8, 4) is 0 Å². The number of nitrogens with zero attached hydrogens (tertiary/aromatic N) is 2. The van der Waals surface area contributed by atoms with Gasteiger partial charge in [-0.1, -0.05) is 23.8 Å². The molecule has 0 aromatic heterocycles. The maximum Gasteiger partial charge on any atom is 0.272 e. The van der Waals surface area contributed by atoms with Crippen molar-refractivity contribution < 1.29 is 4.92 Å². The molecule has 3 rings (SSSR count). The third-order valence-electron chi connectivity index (χ3n) is 4.10. The molecular weight excluding hydrogens is 264 g/mol. The highest BCUT2D eigenvalue weighted by Crippen LogP contribution is 2.34. The van der Waals surface area contributed by atoms with E-state index >= 15 is 0 Å². The van der Waals surface area contributed by atoms with E-state index in [0.29, 0.717) is 11.5 Å². The van der Waals surface area contributed by atoms with Crippen molar-refractivity contribution >= 4 is 5.69 Å². The Balaban J connectivity index is 1.80. The molecule has 2 aliphatic rings. The SMILES string of the molecule is CC1=CC=C2C(C=CN2Cc2ccc([N+](=O)[O-])c(C)c2)C1. The molecule has 1 unspecified atom stereocenters. The highest BCUT2D eigenvalue weighted by atomic mass is 16.6. The second-order valence-corrected chi connectivity index (χ2v) is 5.76. The topological polar surface area (TPSA) is 46.4 Å². The third-order valence-corrected chi connectivity index (χ3v) is 4.10. The van der Waals surface area contributed by atoms with Gasteiger partial charge in [0.05, 0.1) is 4.92 Å². The molecule has 108 valence electrons. The Bertz CT molecular complexity index is 686. The van der Waals surface area contributed by atoms with Crippen LogP contribution in [0.4, 0.5) is 5.69 Å². The van der Waals surface area contributed by atoms with Crippen LogP contribution in [0, 0.1) is 23.0 Å². The molecule has 4 nitrogen and oxygen atoms in total. The summed E-state index contributed by atoms with van der Waals surface area (Å²) in [5.74, 6) is 0.481. The second kappa shape index (κ2) is 5.20. The zero-order chi connectivity index (χ0) is 15.0. The van der Waals surface area contributed by atoms with E-state index in [1.807, 2.05) is 12.1 Å². The van der Waals surface area contributed by atoms with Crippen LogP contribution in [0.25, 0.3) is 0 Å². The summed E-state index contributed by atoms with van der Waals surface area (Å²) in [7, 11) is 0. The molecule has 1 aromatic rings. The molecular formula is C17H18N2O2. The van der Waals surface area contributed by atoms with Crippen LogP contribution in [0.5, 0.6) is 0 Å². The number of nitro groups is 1. The van der Waals surface area contributed by atoms with Crippen LogP contribution in [0.2, 0.25) is 0 Å². The van der Waals surface area contributed by atoms with Gasteiger partial charge in [0, 0.05) is 36.0 Å². The largest absolute Gasteiger partial charge is 0.347 e. The smallest absolute Gasteiger partial charge is 0.272 e. The van der Waals surface area contributed by atoms with Gasteiger partial charge in [0.25, 0.3) is 5.69 Å². The molecule has 1 atom stereocenters. The van der Waals surface area contributed by atoms with Gasteiger partial charge in [0.15, 0.2) is 0 Å². The highest BCUT2D eigenvalue weighted by molar-refractivity contribution is 5.42. The fourth-order valence-corrected chi connectivity index (χ4v) is 3.00. The number of nitro benzene ring substituents is 1. The van der Waals surface area contributed by atoms with Gasteiger partial charge in [-0.2, -0.15) is 0 Å². The summed E-state index contributed by atoms with van der Waals surface area (Å²) in [4.78, 5) is 12.8. The lowest BCUT2D eigenvalue weighted by atomic mass is 9.93. The van der Waals surface area contributed by atoms with Crippen molar-refractivity contribution in [1.29, 1.82) is 0 Å². The van der Waals surface area contributed by atoms with E-state index in [4.69, 9.17) is 0 Å². The van der Waals surface area contributed by atoms with Crippen molar-refractivity contribution in [3.05, 3.63) is 75.1 Å². The fourth-order valence-electron chi connectivity index (χ4n) is 3.00. The summed E-state index contributed by atoms with van der Waals surface area (Å²) in [5, 5.41) is 10.9. The van der Waals surface area contributed by atoms with Gasteiger partial charge in [-0.3, -0.25) is 10.1 Å².